The lowest BCUT2D eigenvalue weighted by Crippen LogP contribution is -2.06. The monoisotopic (exact) mass is 419 g/mol. The molecule has 0 unspecified atom stereocenters. The van der Waals surface area contributed by atoms with Crippen LogP contribution >= 0.6 is 11.8 Å². The molecule has 4 rings (SSSR count). The molecule has 0 bridgehead atoms. The largest absolute Gasteiger partial charge is 0.497 e. The number of nitrogens with zero attached hydrogens (tertiary/aromatic N) is 7. The van der Waals surface area contributed by atoms with Crippen LogP contribution in [0.4, 0.5) is 0 Å². The number of thioether (sulfide) groups is 1. The number of hydrogen-bond acceptors (Lipinski definition) is 7. The van der Waals surface area contributed by atoms with Gasteiger partial charge in [0.05, 0.1) is 18.0 Å². The zero-order valence-electron chi connectivity index (χ0n) is 16.7. The first-order valence-corrected chi connectivity index (χ1v) is 10.3. The minimum atomic E-state index is -0.0447. The highest BCUT2D eigenvalue weighted by Crippen LogP contribution is 2.35. The maximum atomic E-state index is 5.25. The van der Waals surface area contributed by atoms with E-state index in [0.29, 0.717) is 6.54 Å². The molecule has 0 N–H and O–H groups in total. The summed E-state index contributed by atoms with van der Waals surface area (Å²) in [7, 11) is 1.65. The van der Waals surface area contributed by atoms with Crippen LogP contribution in [0.25, 0.3) is 17.1 Å². The summed E-state index contributed by atoms with van der Waals surface area (Å²) in [5.41, 5.74) is 1.87. The Bertz CT molecular complexity index is 1120. The fraction of sp³-hybridized carbons (Fsp3) is 0.190. The molecule has 2 aromatic carbocycles. The summed E-state index contributed by atoms with van der Waals surface area (Å²) in [6.45, 7) is 6.52. The van der Waals surface area contributed by atoms with Crippen molar-refractivity contribution in [3.05, 3.63) is 73.1 Å². The lowest BCUT2D eigenvalue weighted by molar-refractivity contribution is 0.415. The standard InChI is InChI=1S/C21H21N7OS/c1-4-14-27-20(16-10-12-18(29-3)13-11-16)22-24-21(27)30-15(2)19-23-25-26-28(19)17-8-6-5-7-9-17/h4-13,15H,1,14H2,2-3H3/t15-/m1/s1. The summed E-state index contributed by atoms with van der Waals surface area (Å²) in [6.07, 6.45) is 1.83. The van der Waals surface area contributed by atoms with E-state index in [-0.39, 0.29) is 5.25 Å². The zero-order valence-corrected chi connectivity index (χ0v) is 17.5. The fourth-order valence-corrected chi connectivity index (χ4v) is 3.98. The van der Waals surface area contributed by atoms with Gasteiger partial charge in [0, 0.05) is 12.1 Å². The molecular weight excluding hydrogens is 398 g/mol. The van der Waals surface area contributed by atoms with E-state index >= 15 is 0 Å². The van der Waals surface area contributed by atoms with Gasteiger partial charge in [0.1, 0.15) is 5.75 Å². The first-order chi connectivity index (χ1) is 14.7. The van der Waals surface area contributed by atoms with Gasteiger partial charge in [-0.25, -0.2) is 0 Å². The van der Waals surface area contributed by atoms with E-state index in [1.807, 2.05) is 65.2 Å². The van der Waals surface area contributed by atoms with Crippen LogP contribution in [0.1, 0.15) is 18.0 Å². The number of tetrazole rings is 1. The van der Waals surface area contributed by atoms with Crippen LogP contribution in [0.15, 0.2) is 72.4 Å². The molecule has 4 aromatic rings. The van der Waals surface area contributed by atoms with E-state index in [2.05, 4.69) is 39.2 Å². The van der Waals surface area contributed by atoms with E-state index in [1.165, 1.54) is 0 Å². The fourth-order valence-electron chi connectivity index (χ4n) is 3.03. The Labute approximate surface area is 178 Å². The Morgan fingerprint density at radius 1 is 1.07 bits per heavy atom. The molecule has 9 heteroatoms. The number of hydrogen-bond donors (Lipinski definition) is 0. The normalized spacial score (nSPS) is 11.9. The van der Waals surface area contributed by atoms with E-state index < -0.39 is 0 Å². The Morgan fingerprint density at radius 2 is 1.83 bits per heavy atom. The lowest BCUT2D eigenvalue weighted by atomic mass is 10.2. The number of allylic oxidation sites excluding steroid dienone is 1. The molecule has 0 aliphatic carbocycles. The number of para-hydroxylation sites is 1. The van der Waals surface area contributed by atoms with E-state index in [4.69, 9.17) is 4.74 Å². The van der Waals surface area contributed by atoms with Gasteiger partial charge in [-0.1, -0.05) is 36.0 Å². The second kappa shape index (κ2) is 8.91. The topological polar surface area (TPSA) is 83.5 Å². The van der Waals surface area contributed by atoms with Crippen LogP contribution < -0.4 is 4.74 Å². The van der Waals surface area contributed by atoms with Crippen molar-refractivity contribution < 1.29 is 4.74 Å². The van der Waals surface area contributed by atoms with Gasteiger partial charge in [-0.2, -0.15) is 4.68 Å². The van der Waals surface area contributed by atoms with Crippen LogP contribution in [0.5, 0.6) is 5.75 Å². The molecule has 0 radical (unpaired) electrons. The predicted molar refractivity (Wildman–Crippen MR) is 116 cm³/mol. The van der Waals surface area contributed by atoms with Gasteiger partial charge in [0.25, 0.3) is 0 Å². The molecule has 0 saturated carbocycles. The zero-order chi connectivity index (χ0) is 20.9. The highest BCUT2D eigenvalue weighted by atomic mass is 32.2. The quantitative estimate of drug-likeness (QED) is 0.316. The molecule has 2 heterocycles. The maximum Gasteiger partial charge on any atom is 0.192 e. The van der Waals surface area contributed by atoms with Gasteiger partial charge in [0.15, 0.2) is 16.8 Å². The predicted octanol–water partition coefficient (Wildman–Crippen LogP) is 3.97. The first kappa shape index (κ1) is 19.8. The van der Waals surface area contributed by atoms with E-state index in [9.17, 15) is 0 Å². The molecule has 0 amide bonds. The van der Waals surface area contributed by atoms with Crippen molar-refractivity contribution >= 4 is 11.8 Å². The van der Waals surface area contributed by atoms with Crippen molar-refractivity contribution in [2.45, 2.75) is 23.9 Å². The summed E-state index contributed by atoms with van der Waals surface area (Å²) < 4.78 is 9.03. The van der Waals surface area contributed by atoms with Gasteiger partial charge in [0.2, 0.25) is 0 Å². The smallest absolute Gasteiger partial charge is 0.192 e. The SMILES string of the molecule is C=CCn1c(S[C@H](C)c2nnnn2-c2ccccc2)nnc1-c1ccc(OC)cc1. The second-order valence-electron chi connectivity index (χ2n) is 6.48. The van der Waals surface area contributed by atoms with Crippen molar-refractivity contribution in [1.82, 2.24) is 35.0 Å². The third kappa shape index (κ3) is 3.97. The average Bonchev–Trinajstić information content (AvgIpc) is 3.43. The Balaban J connectivity index is 1.63. The minimum Gasteiger partial charge on any atom is -0.497 e. The molecule has 1 atom stereocenters. The average molecular weight is 420 g/mol. The molecule has 0 fully saturated rings. The molecular formula is C21H21N7OS. The van der Waals surface area contributed by atoms with Crippen LogP contribution in [0, 0.1) is 0 Å². The van der Waals surface area contributed by atoms with Crippen molar-refractivity contribution in [1.29, 1.82) is 0 Å². The van der Waals surface area contributed by atoms with Crippen LogP contribution in [-0.2, 0) is 6.54 Å². The third-order valence-corrected chi connectivity index (χ3v) is 5.59. The lowest BCUT2D eigenvalue weighted by Gasteiger charge is -2.12. The van der Waals surface area contributed by atoms with E-state index in [1.54, 1.807) is 23.6 Å². The molecule has 0 spiro atoms. The number of methoxy groups -OCH3 is 1. The van der Waals surface area contributed by atoms with Gasteiger partial charge >= 0.3 is 0 Å². The molecule has 2 aromatic heterocycles. The summed E-state index contributed by atoms with van der Waals surface area (Å²) in [6, 6.07) is 17.6. The van der Waals surface area contributed by atoms with Crippen LogP contribution in [0.3, 0.4) is 0 Å². The molecule has 0 saturated heterocycles. The number of aromatic nitrogens is 7. The third-order valence-electron chi connectivity index (χ3n) is 4.52. The van der Waals surface area contributed by atoms with Crippen molar-refractivity contribution in [3.63, 3.8) is 0 Å². The molecule has 30 heavy (non-hydrogen) atoms. The highest BCUT2D eigenvalue weighted by Gasteiger charge is 2.21. The van der Waals surface area contributed by atoms with Crippen LogP contribution in [-0.4, -0.2) is 42.1 Å². The Morgan fingerprint density at radius 3 is 2.53 bits per heavy atom. The van der Waals surface area contributed by atoms with Crippen molar-refractivity contribution in [2.75, 3.05) is 7.11 Å². The van der Waals surface area contributed by atoms with Crippen molar-refractivity contribution in [2.24, 2.45) is 0 Å². The first-order valence-electron chi connectivity index (χ1n) is 9.40. The van der Waals surface area contributed by atoms with E-state index in [0.717, 1.165) is 33.8 Å². The Kier molecular flexibility index (Phi) is 5.89. The number of benzene rings is 2. The molecule has 0 aliphatic heterocycles. The van der Waals surface area contributed by atoms with Crippen LogP contribution in [0.2, 0.25) is 0 Å². The summed E-state index contributed by atoms with van der Waals surface area (Å²) in [5.74, 6) is 2.31. The van der Waals surface area contributed by atoms with Gasteiger partial charge in [-0.3, -0.25) is 4.57 Å². The molecule has 8 nitrogen and oxygen atoms in total. The second-order valence-corrected chi connectivity index (χ2v) is 7.79. The summed E-state index contributed by atoms with van der Waals surface area (Å²) in [4.78, 5) is 0. The van der Waals surface area contributed by atoms with Crippen molar-refractivity contribution in [3.8, 4) is 22.8 Å². The minimum absolute atomic E-state index is 0.0447. The number of rotatable bonds is 8. The van der Waals surface area contributed by atoms with Gasteiger partial charge in [-0.05, 0) is 53.7 Å². The Hall–Kier alpha value is -3.46. The molecule has 152 valence electrons. The van der Waals surface area contributed by atoms with Gasteiger partial charge in [-0.15, -0.1) is 21.9 Å². The van der Waals surface area contributed by atoms with Gasteiger partial charge < -0.3 is 4.74 Å². The summed E-state index contributed by atoms with van der Waals surface area (Å²) >= 11 is 1.55. The molecule has 0 aliphatic rings. The summed E-state index contributed by atoms with van der Waals surface area (Å²) in [5, 5.41) is 21.8. The number of ether oxygens (including phenoxy) is 1. The highest BCUT2D eigenvalue weighted by molar-refractivity contribution is 7.99. The maximum absolute atomic E-state index is 5.25.